The number of anilines is 2. The minimum Gasteiger partial charge on any atom is -0.367 e. The number of aromatic nitrogens is 2. The zero-order valence-electron chi connectivity index (χ0n) is 8.28. The second-order valence-corrected chi connectivity index (χ2v) is 2.98. The maximum atomic E-state index is 8.40. The van der Waals surface area contributed by atoms with Gasteiger partial charge in [0.2, 0.25) is 0 Å². The Bertz CT molecular complexity index is 330. The van der Waals surface area contributed by atoms with Crippen LogP contribution in [0.1, 0.15) is 20.3 Å². The van der Waals surface area contributed by atoms with Crippen LogP contribution in [0.4, 0.5) is 11.6 Å². The van der Waals surface area contributed by atoms with E-state index in [1.807, 2.05) is 6.19 Å². The summed E-state index contributed by atoms with van der Waals surface area (Å²) < 4.78 is 0. The number of nitriles is 1. The lowest BCUT2D eigenvalue weighted by atomic mass is 10.2. The van der Waals surface area contributed by atoms with Crippen molar-refractivity contribution in [2.75, 3.05) is 10.6 Å². The third-order valence-electron chi connectivity index (χ3n) is 1.86. The number of nitrogens with zero attached hydrogens (tertiary/aromatic N) is 3. The molecule has 5 nitrogen and oxygen atoms in total. The predicted octanol–water partition coefficient (Wildman–Crippen LogP) is 1.58. The molecule has 0 saturated carbocycles. The highest BCUT2D eigenvalue weighted by molar-refractivity contribution is 5.48. The van der Waals surface area contributed by atoms with Gasteiger partial charge in [0.15, 0.2) is 6.19 Å². The van der Waals surface area contributed by atoms with Gasteiger partial charge in [-0.05, 0) is 13.3 Å². The molecule has 74 valence electrons. The first-order valence-corrected chi connectivity index (χ1v) is 4.50. The fourth-order valence-corrected chi connectivity index (χ4v) is 0.916. The molecule has 0 fully saturated rings. The van der Waals surface area contributed by atoms with Gasteiger partial charge in [-0.25, -0.2) is 9.97 Å². The molecule has 1 atom stereocenters. The van der Waals surface area contributed by atoms with Crippen molar-refractivity contribution in [2.45, 2.75) is 26.3 Å². The van der Waals surface area contributed by atoms with Crippen LogP contribution in [0.2, 0.25) is 0 Å². The van der Waals surface area contributed by atoms with E-state index in [2.05, 4.69) is 34.4 Å². The van der Waals surface area contributed by atoms with Gasteiger partial charge >= 0.3 is 0 Å². The minimum atomic E-state index is 0.361. The van der Waals surface area contributed by atoms with Gasteiger partial charge in [0.05, 0.1) is 0 Å². The molecule has 0 radical (unpaired) electrons. The van der Waals surface area contributed by atoms with Crippen LogP contribution >= 0.6 is 0 Å². The fraction of sp³-hybridized carbons (Fsp3) is 0.444. The first-order valence-electron chi connectivity index (χ1n) is 4.50. The van der Waals surface area contributed by atoms with Crippen LogP contribution in [0.3, 0.4) is 0 Å². The van der Waals surface area contributed by atoms with Crippen molar-refractivity contribution in [1.82, 2.24) is 9.97 Å². The molecule has 5 heteroatoms. The predicted molar refractivity (Wildman–Crippen MR) is 54.6 cm³/mol. The Morgan fingerprint density at radius 2 is 2.21 bits per heavy atom. The van der Waals surface area contributed by atoms with E-state index in [0.717, 1.165) is 12.2 Å². The maximum absolute atomic E-state index is 8.40. The first kappa shape index (κ1) is 10.3. The molecule has 0 spiro atoms. The largest absolute Gasteiger partial charge is 0.367 e. The third kappa shape index (κ3) is 2.90. The number of nitrogens with one attached hydrogen (secondary N) is 2. The average molecular weight is 191 g/mol. The van der Waals surface area contributed by atoms with Crippen molar-refractivity contribution in [1.29, 1.82) is 5.26 Å². The molecule has 0 amide bonds. The topological polar surface area (TPSA) is 73.6 Å². The van der Waals surface area contributed by atoms with Gasteiger partial charge in [-0.3, -0.25) is 5.32 Å². The molecule has 2 N–H and O–H groups in total. The molecule has 1 unspecified atom stereocenters. The Labute approximate surface area is 83.2 Å². The molecular formula is C9H13N5. The number of rotatable bonds is 4. The van der Waals surface area contributed by atoms with Gasteiger partial charge in [0.1, 0.15) is 18.0 Å². The fourth-order valence-electron chi connectivity index (χ4n) is 0.916. The van der Waals surface area contributed by atoms with Crippen LogP contribution in [0.25, 0.3) is 0 Å². The third-order valence-corrected chi connectivity index (χ3v) is 1.86. The summed E-state index contributed by atoms with van der Waals surface area (Å²) in [7, 11) is 0. The van der Waals surface area contributed by atoms with Gasteiger partial charge in [-0.2, -0.15) is 5.26 Å². The monoisotopic (exact) mass is 191 g/mol. The van der Waals surface area contributed by atoms with Crippen LogP contribution < -0.4 is 10.6 Å². The summed E-state index contributed by atoms with van der Waals surface area (Å²) in [6.07, 6.45) is 4.25. The molecule has 1 aromatic heterocycles. The van der Waals surface area contributed by atoms with Gasteiger partial charge in [-0.15, -0.1) is 0 Å². The lowest BCUT2D eigenvalue weighted by Crippen LogP contribution is -2.14. The summed E-state index contributed by atoms with van der Waals surface area (Å²) in [4.78, 5) is 7.92. The van der Waals surface area contributed by atoms with E-state index in [1.165, 1.54) is 6.33 Å². The maximum Gasteiger partial charge on any atom is 0.182 e. The SMILES string of the molecule is CCC(C)Nc1cc(NC#N)ncn1. The summed E-state index contributed by atoms with van der Waals surface area (Å²) in [6.45, 7) is 4.16. The summed E-state index contributed by atoms with van der Waals surface area (Å²) in [6, 6.07) is 2.06. The quantitative estimate of drug-likeness (QED) is 0.558. The Kier molecular flexibility index (Phi) is 3.68. The highest BCUT2D eigenvalue weighted by Crippen LogP contribution is 2.09. The zero-order valence-corrected chi connectivity index (χ0v) is 8.28. The normalized spacial score (nSPS) is 11.5. The van der Waals surface area contributed by atoms with Gasteiger partial charge in [0, 0.05) is 12.1 Å². The Balaban J connectivity index is 2.69. The Morgan fingerprint density at radius 1 is 1.50 bits per heavy atom. The van der Waals surface area contributed by atoms with Gasteiger partial charge < -0.3 is 5.32 Å². The number of hydrogen-bond donors (Lipinski definition) is 2. The smallest absolute Gasteiger partial charge is 0.182 e. The van der Waals surface area contributed by atoms with Crippen LogP contribution in [-0.2, 0) is 0 Å². The van der Waals surface area contributed by atoms with E-state index in [9.17, 15) is 0 Å². The van der Waals surface area contributed by atoms with Crippen molar-refractivity contribution in [2.24, 2.45) is 0 Å². The van der Waals surface area contributed by atoms with E-state index in [4.69, 9.17) is 5.26 Å². The first-order chi connectivity index (χ1) is 6.76. The van der Waals surface area contributed by atoms with Crippen molar-refractivity contribution >= 4 is 11.6 Å². The zero-order chi connectivity index (χ0) is 10.4. The van der Waals surface area contributed by atoms with Crippen LogP contribution in [0.15, 0.2) is 12.4 Å². The highest BCUT2D eigenvalue weighted by atomic mass is 15.1. The molecule has 14 heavy (non-hydrogen) atoms. The molecule has 0 aliphatic rings. The average Bonchev–Trinajstić information content (AvgIpc) is 2.19. The molecule has 1 heterocycles. The van der Waals surface area contributed by atoms with Gasteiger partial charge in [0.25, 0.3) is 0 Å². The second-order valence-electron chi connectivity index (χ2n) is 2.98. The van der Waals surface area contributed by atoms with E-state index in [0.29, 0.717) is 11.9 Å². The molecule has 1 rings (SSSR count). The van der Waals surface area contributed by atoms with E-state index in [-0.39, 0.29) is 0 Å². The van der Waals surface area contributed by atoms with E-state index in [1.54, 1.807) is 6.07 Å². The molecule has 1 aromatic rings. The molecule has 0 aliphatic heterocycles. The van der Waals surface area contributed by atoms with Gasteiger partial charge in [-0.1, -0.05) is 6.92 Å². The molecule has 0 aliphatic carbocycles. The van der Waals surface area contributed by atoms with Crippen LogP contribution in [0, 0.1) is 11.5 Å². The summed E-state index contributed by atoms with van der Waals surface area (Å²) in [5.74, 6) is 1.24. The molecule has 0 bridgehead atoms. The lowest BCUT2D eigenvalue weighted by molar-refractivity contribution is 0.758. The molecular weight excluding hydrogens is 178 g/mol. The Morgan fingerprint density at radius 3 is 2.86 bits per heavy atom. The van der Waals surface area contributed by atoms with Crippen LogP contribution in [0.5, 0.6) is 0 Å². The van der Waals surface area contributed by atoms with Crippen molar-refractivity contribution in [3.63, 3.8) is 0 Å². The molecule has 0 aromatic carbocycles. The van der Waals surface area contributed by atoms with E-state index < -0.39 is 0 Å². The lowest BCUT2D eigenvalue weighted by Gasteiger charge is -2.11. The van der Waals surface area contributed by atoms with Crippen LogP contribution in [-0.4, -0.2) is 16.0 Å². The molecule has 0 saturated heterocycles. The summed E-state index contributed by atoms with van der Waals surface area (Å²) >= 11 is 0. The Hall–Kier alpha value is -1.83. The van der Waals surface area contributed by atoms with E-state index >= 15 is 0 Å². The summed E-state index contributed by atoms with van der Waals surface area (Å²) in [5, 5.41) is 14.0. The highest BCUT2D eigenvalue weighted by Gasteiger charge is 2.01. The second kappa shape index (κ2) is 5.02. The number of hydrogen-bond acceptors (Lipinski definition) is 5. The van der Waals surface area contributed by atoms with Crippen molar-refractivity contribution < 1.29 is 0 Å². The van der Waals surface area contributed by atoms with Crippen molar-refractivity contribution in [3.8, 4) is 6.19 Å². The minimum absolute atomic E-state index is 0.361. The summed E-state index contributed by atoms with van der Waals surface area (Å²) in [5.41, 5.74) is 0. The standard InChI is InChI=1S/C9H13N5/c1-3-7(2)14-9-4-8(11-5-10)12-6-13-9/h4,6-7H,3H2,1-2H3,(H2,11,12,13,14). The van der Waals surface area contributed by atoms with Crippen molar-refractivity contribution in [3.05, 3.63) is 12.4 Å².